The fourth-order valence-corrected chi connectivity index (χ4v) is 5.21. The van der Waals surface area contributed by atoms with E-state index in [1.54, 1.807) is 22.8 Å². The Balaban J connectivity index is 1.44. The molecule has 36 heavy (non-hydrogen) atoms. The van der Waals surface area contributed by atoms with Crippen molar-refractivity contribution >= 4 is 22.8 Å². The SMILES string of the molecule is Cc1nc2cc([C@H]3CCO[C@@H](c4ccc(=O)n(C5CC5)c4)C3)c(=O)n(-c3ccc(Cl)cc3)c2nc1C. The maximum Gasteiger partial charge on any atom is 0.260 e. The van der Waals surface area contributed by atoms with E-state index in [1.807, 2.05) is 48.9 Å². The van der Waals surface area contributed by atoms with Crippen molar-refractivity contribution < 1.29 is 4.74 Å². The van der Waals surface area contributed by atoms with Crippen LogP contribution in [-0.4, -0.2) is 25.7 Å². The Morgan fingerprint density at radius 1 is 0.972 bits per heavy atom. The van der Waals surface area contributed by atoms with E-state index in [4.69, 9.17) is 26.3 Å². The Kier molecular flexibility index (Phi) is 5.77. The second-order valence-electron chi connectivity index (χ2n) is 9.84. The number of aryl methyl sites for hydroxylation is 2. The van der Waals surface area contributed by atoms with E-state index < -0.39 is 0 Å². The quantitative estimate of drug-likeness (QED) is 0.384. The number of benzene rings is 1. The van der Waals surface area contributed by atoms with E-state index >= 15 is 0 Å². The average molecular weight is 503 g/mol. The van der Waals surface area contributed by atoms with Gasteiger partial charge in [-0.2, -0.15) is 0 Å². The van der Waals surface area contributed by atoms with Gasteiger partial charge in [0.2, 0.25) is 0 Å². The van der Waals surface area contributed by atoms with Gasteiger partial charge in [0.15, 0.2) is 5.65 Å². The summed E-state index contributed by atoms with van der Waals surface area (Å²) in [5.74, 6) is -0.0103. The van der Waals surface area contributed by atoms with Crippen LogP contribution < -0.4 is 11.1 Å². The first-order valence-electron chi connectivity index (χ1n) is 12.4. The summed E-state index contributed by atoms with van der Waals surface area (Å²) in [6.07, 6.45) is 5.23. The highest BCUT2D eigenvalue weighted by Gasteiger charge is 2.30. The van der Waals surface area contributed by atoms with Gasteiger partial charge in [-0.15, -0.1) is 0 Å². The lowest BCUT2D eigenvalue weighted by molar-refractivity contribution is 0.00465. The standard InChI is InChI=1S/C28H27ClN4O3/c1-16-17(2)31-27-24(30-16)14-23(28(35)33(27)22-6-4-20(29)5-7-22)18-11-12-36-25(13-18)19-3-10-26(34)32(15-19)21-8-9-21/h3-7,10,14-15,18,21,25H,8-9,11-13H2,1-2H3/t18-,25+/m0/s1. The molecule has 1 saturated carbocycles. The third-order valence-electron chi connectivity index (χ3n) is 7.35. The van der Waals surface area contributed by atoms with Crippen LogP contribution in [0.3, 0.4) is 0 Å². The molecule has 2 fully saturated rings. The minimum atomic E-state index is -0.181. The summed E-state index contributed by atoms with van der Waals surface area (Å²) in [5.41, 5.74) is 5.16. The monoisotopic (exact) mass is 502 g/mol. The van der Waals surface area contributed by atoms with Crippen molar-refractivity contribution in [3.63, 3.8) is 0 Å². The van der Waals surface area contributed by atoms with Crippen molar-refractivity contribution in [3.8, 4) is 5.69 Å². The minimum Gasteiger partial charge on any atom is -0.373 e. The molecule has 3 aromatic heterocycles. The lowest BCUT2D eigenvalue weighted by Crippen LogP contribution is -2.29. The van der Waals surface area contributed by atoms with Crippen LogP contribution in [0.2, 0.25) is 5.02 Å². The molecule has 6 rings (SSSR count). The summed E-state index contributed by atoms with van der Waals surface area (Å²) in [6, 6.07) is 12.9. The highest BCUT2D eigenvalue weighted by Crippen LogP contribution is 2.38. The molecular weight excluding hydrogens is 476 g/mol. The first-order valence-corrected chi connectivity index (χ1v) is 12.8. The summed E-state index contributed by atoms with van der Waals surface area (Å²) >= 11 is 6.12. The van der Waals surface area contributed by atoms with Crippen LogP contribution in [0.4, 0.5) is 0 Å². The molecule has 1 aliphatic carbocycles. The van der Waals surface area contributed by atoms with Crippen LogP contribution in [0.1, 0.15) is 66.3 Å². The summed E-state index contributed by atoms with van der Waals surface area (Å²) in [7, 11) is 0. The molecule has 2 atom stereocenters. The number of hydrogen-bond acceptors (Lipinski definition) is 5. The second kappa shape index (κ2) is 8.98. The molecule has 4 heterocycles. The van der Waals surface area contributed by atoms with Crippen molar-refractivity contribution in [3.05, 3.63) is 96.9 Å². The van der Waals surface area contributed by atoms with E-state index in [9.17, 15) is 9.59 Å². The fraction of sp³-hybridized carbons (Fsp3) is 0.357. The van der Waals surface area contributed by atoms with Crippen LogP contribution in [0.5, 0.6) is 0 Å². The number of ether oxygens (including phenoxy) is 1. The molecular formula is C28H27ClN4O3. The Morgan fingerprint density at radius 3 is 2.47 bits per heavy atom. The number of hydrogen-bond donors (Lipinski definition) is 0. The number of halogens is 1. The number of pyridine rings is 2. The molecule has 1 aliphatic heterocycles. The van der Waals surface area contributed by atoms with Gasteiger partial charge in [0.1, 0.15) is 5.52 Å². The zero-order valence-electron chi connectivity index (χ0n) is 20.3. The van der Waals surface area contributed by atoms with Gasteiger partial charge in [-0.1, -0.05) is 11.6 Å². The number of fused-ring (bicyclic) bond motifs is 1. The second-order valence-corrected chi connectivity index (χ2v) is 10.3. The van der Waals surface area contributed by atoms with Gasteiger partial charge in [0.05, 0.1) is 23.2 Å². The third-order valence-corrected chi connectivity index (χ3v) is 7.60. The smallest absolute Gasteiger partial charge is 0.260 e. The molecule has 0 amide bonds. The van der Waals surface area contributed by atoms with E-state index in [1.165, 1.54) is 0 Å². The molecule has 0 unspecified atom stereocenters. The lowest BCUT2D eigenvalue weighted by Gasteiger charge is -2.30. The molecule has 184 valence electrons. The van der Waals surface area contributed by atoms with Crippen LogP contribution in [0.25, 0.3) is 16.9 Å². The van der Waals surface area contributed by atoms with Gasteiger partial charge < -0.3 is 9.30 Å². The van der Waals surface area contributed by atoms with Crippen LogP contribution in [0, 0.1) is 13.8 Å². The summed E-state index contributed by atoms with van der Waals surface area (Å²) in [5, 5.41) is 0.602. The molecule has 7 nitrogen and oxygen atoms in total. The van der Waals surface area contributed by atoms with Gasteiger partial charge in [-0.05, 0) is 87.4 Å². The molecule has 4 aromatic rings. The third kappa shape index (κ3) is 4.16. The Hall–Kier alpha value is -3.29. The summed E-state index contributed by atoms with van der Waals surface area (Å²) < 4.78 is 9.61. The average Bonchev–Trinajstić information content (AvgIpc) is 3.72. The Morgan fingerprint density at radius 2 is 1.72 bits per heavy atom. The predicted octanol–water partition coefficient (Wildman–Crippen LogP) is 5.18. The maximum atomic E-state index is 14.0. The molecule has 8 heteroatoms. The van der Waals surface area contributed by atoms with Gasteiger partial charge in [-0.25, -0.2) is 9.97 Å². The molecule has 0 spiro atoms. The van der Waals surface area contributed by atoms with E-state index in [2.05, 4.69) is 0 Å². The summed E-state index contributed by atoms with van der Waals surface area (Å²) in [6.45, 7) is 4.36. The van der Waals surface area contributed by atoms with E-state index in [-0.39, 0.29) is 23.1 Å². The first-order chi connectivity index (χ1) is 17.4. The summed E-state index contributed by atoms with van der Waals surface area (Å²) in [4.78, 5) is 35.8. The molecule has 1 saturated heterocycles. The van der Waals surface area contributed by atoms with Crippen molar-refractivity contribution in [2.75, 3.05) is 6.61 Å². The van der Waals surface area contributed by atoms with E-state index in [0.717, 1.165) is 36.2 Å². The van der Waals surface area contributed by atoms with Gasteiger partial charge in [0.25, 0.3) is 11.1 Å². The minimum absolute atomic E-state index is 0.0103. The fourth-order valence-electron chi connectivity index (χ4n) is 5.09. The molecule has 0 radical (unpaired) electrons. The Bertz CT molecular complexity index is 1590. The van der Waals surface area contributed by atoms with Gasteiger partial charge >= 0.3 is 0 Å². The topological polar surface area (TPSA) is 79.0 Å². The number of rotatable bonds is 4. The molecule has 2 aliphatic rings. The highest BCUT2D eigenvalue weighted by molar-refractivity contribution is 6.30. The first kappa shape index (κ1) is 23.1. The number of aromatic nitrogens is 4. The molecule has 0 N–H and O–H groups in total. The van der Waals surface area contributed by atoms with Crippen LogP contribution in [-0.2, 0) is 4.74 Å². The predicted molar refractivity (Wildman–Crippen MR) is 139 cm³/mol. The van der Waals surface area contributed by atoms with E-state index in [0.29, 0.717) is 46.5 Å². The zero-order valence-corrected chi connectivity index (χ0v) is 21.0. The van der Waals surface area contributed by atoms with Gasteiger partial charge in [0, 0.05) is 35.5 Å². The van der Waals surface area contributed by atoms with Crippen LogP contribution in [0.15, 0.2) is 58.3 Å². The van der Waals surface area contributed by atoms with Gasteiger partial charge in [-0.3, -0.25) is 14.2 Å². The molecule has 0 bridgehead atoms. The molecule has 1 aromatic carbocycles. The largest absolute Gasteiger partial charge is 0.373 e. The van der Waals surface area contributed by atoms with Crippen molar-refractivity contribution in [2.24, 2.45) is 0 Å². The van der Waals surface area contributed by atoms with Crippen molar-refractivity contribution in [1.29, 1.82) is 0 Å². The lowest BCUT2D eigenvalue weighted by atomic mass is 9.87. The van der Waals surface area contributed by atoms with Crippen LogP contribution >= 0.6 is 11.6 Å². The maximum absolute atomic E-state index is 14.0. The number of nitrogens with zero attached hydrogens (tertiary/aromatic N) is 4. The van der Waals surface area contributed by atoms with Crippen molar-refractivity contribution in [1.82, 2.24) is 19.1 Å². The zero-order chi connectivity index (χ0) is 25.0. The van der Waals surface area contributed by atoms with Crippen molar-refractivity contribution in [2.45, 2.75) is 57.6 Å². The normalized spacial score (nSPS) is 20.1. The Labute approximate surface area is 213 Å². The highest BCUT2D eigenvalue weighted by atomic mass is 35.5.